The van der Waals surface area contributed by atoms with E-state index in [1.807, 2.05) is 45.9 Å². The molecule has 1 aromatic carbocycles. The fourth-order valence-electron chi connectivity index (χ4n) is 4.36. The molecule has 0 saturated heterocycles. The number of carbonyl (C=O) groups is 1. The van der Waals surface area contributed by atoms with E-state index in [1.54, 1.807) is 24.3 Å². The zero-order valence-corrected chi connectivity index (χ0v) is 19.3. The summed E-state index contributed by atoms with van der Waals surface area (Å²) in [4.78, 5) is 18.7. The molecular formula is C24H31N5O3. The minimum Gasteiger partial charge on any atom is -0.496 e. The van der Waals surface area contributed by atoms with Crippen molar-refractivity contribution in [1.82, 2.24) is 10.1 Å². The molecule has 3 N–H and O–H groups in total. The van der Waals surface area contributed by atoms with Gasteiger partial charge in [-0.3, -0.25) is 4.99 Å². The summed E-state index contributed by atoms with van der Waals surface area (Å²) in [5.74, 6) is 1.40. The molecule has 1 aliphatic heterocycles. The third-order valence-corrected chi connectivity index (χ3v) is 5.83. The number of rotatable bonds is 7. The van der Waals surface area contributed by atoms with Crippen LogP contribution in [0.5, 0.6) is 5.75 Å². The minimum atomic E-state index is -0.503. The van der Waals surface area contributed by atoms with Crippen molar-refractivity contribution in [2.45, 2.75) is 46.2 Å². The molecule has 1 aliphatic rings. The lowest BCUT2D eigenvalue weighted by Crippen LogP contribution is -2.46. The molecule has 2 amide bonds. The molecule has 170 valence electrons. The van der Waals surface area contributed by atoms with E-state index in [0.717, 1.165) is 39.5 Å². The van der Waals surface area contributed by atoms with Crippen molar-refractivity contribution in [1.29, 1.82) is 0 Å². The predicted octanol–water partition coefficient (Wildman–Crippen LogP) is 4.75. The Morgan fingerprint density at radius 1 is 1.47 bits per heavy atom. The number of aryl methyl sites for hydroxylation is 2. The van der Waals surface area contributed by atoms with Crippen LogP contribution in [0.3, 0.4) is 0 Å². The van der Waals surface area contributed by atoms with Crippen LogP contribution in [0.1, 0.15) is 43.3 Å². The molecule has 0 saturated carbocycles. The van der Waals surface area contributed by atoms with Gasteiger partial charge in [0.15, 0.2) is 0 Å². The SMILES string of the molecule is C=CC=NC(=CC)C(C)N(C(N)=O)C1CCNc2cc(-c3c(C)noc3C)c(OC)cc21. The number of hydrogen-bond acceptors (Lipinski definition) is 6. The fraction of sp³-hybridized carbons (Fsp3) is 0.375. The van der Waals surface area contributed by atoms with Gasteiger partial charge in [0.1, 0.15) is 11.5 Å². The van der Waals surface area contributed by atoms with Gasteiger partial charge in [0.05, 0.1) is 36.1 Å². The van der Waals surface area contributed by atoms with Crippen LogP contribution in [0.4, 0.5) is 10.5 Å². The van der Waals surface area contributed by atoms with Gasteiger partial charge in [0, 0.05) is 29.6 Å². The molecule has 1 aromatic heterocycles. The summed E-state index contributed by atoms with van der Waals surface area (Å²) in [6.07, 6.45) is 5.80. The molecule has 2 aromatic rings. The lowest BCUT2D eigenvalue weighted by atomic mass is 9.91. The number of carbonyl (C=O) groups excluding carboxylic acids is 1. The normalized spacial score (nSPS) is 16.9. The third kappa shape index (κ3) is 4.26. The van der Waals surface area contributed by atoms with Crippen LogP contribution < -0.4 is 15.8 Å². The Morgan fingerprint density at radius 2 is 2.22 bits per heavy atom. The van der Waals surface area contributed by atoms with E-state index in [-0.39, 0.29) is 12.1 Å². The highest BCUT2D eigenvalue weighted by Crippen LogP contribution is 2.44. The van der Waals surface area contributed by atoms with Crippen molar-refractivity contribution < 1.29 is 14.1 Å². The van der Waals surface area contributed by atoms with E-state index >= 15 is 0 Å². The number of anilines is 1. The predicted molar refractivity (Wildman–Crippen MR) is 127 cm³/mol. The van der Waals surface area contributed by atoms with Crippen molar-refractivity contribution in [3.05, 3.63) is 53.6 Å². The summed E-state index contributed by atoms with van der Waals surface area (Å²) in [6.45, 7) is 12.0. The first-order valence-electron chi connectivity index (χ1n) is 10.6. The van der Waals surface area contributed by atoms with Crippen molar-refractivity contribution in [2.75, 3.05) is 19.0 Å². The van der Waals surface area contributed by atoms with Gasteiger partial charge in [-0.1, -0.05) is 23.9 Å². The average Bonchev–Trinajstić information content (AvgIpc) is 3.11. The second kappa shape index (κ2) is 9.72. The molecule has 2 heterocycles. The number of aromatic nitrogens is 1. The summed E-state index contributed by atoms with van der Waals surface area (Å²) >= 11 is 0. The Morgan fingerprint density at radius 3 is 2.78 bits per heavy atom. The topological polar surface area (TPSA) is 106 Å². The van der Waals surface area contributed by atoms with Crippen molar-refractivity contribution >= 4 is 17.9 Å². The molecule has 0 aliphatic carbocycles. The fourth-order valence-corrected chi connectivity index (χ4v) is 4.36. The standard InChI is InChI=1S/C24H31N5O3/c1-7-10-26-19(8-2)15(4)29(24(25)30)21-9-11-27-20-12-18(22(31-6)13-17(20)21)23-14(3)28-32-16(23)5/h7-8,10,12-13,15,21,27H,1,9,11H2,2-6H3,(H2,25,30). The zero-order chi connectivity index (χ0) is 23.4. The van der Waals surface area contributed by atoms with Crippen molar-refractivity contribution in [3.8, 4) is 16.9 Å². The van der Waals surface area contributed by atoms with Crippen molar-refractivity contribution in [3.63, 3.8) is 0 Å². The third-order valence-electron chi connectivity index (χ3n) is 5.83. The number of amides is 2. The van der Waals surface area contributed by atoms with Gasteiger partial charge in [-0.05, 0) is 46.2 Å². The Labute approximate surface area is 188 Å². The van der Waals surface area contributed by atoms with Gasteiger partial charge in [-0.2, -0.15) is 0 Å². The molecular weight excluding hydrogens is 406 g/mol. The highest BCUT2D eigenvalue weighted by Gasteiger charge is 2.34. The average molecular weight is 438 g/mol. The Bertz CT molecular complexity index is 1050. The van der Waals surface area contributed by atoms with Gasteiger partial charge in [-0.15, -0.1) is 0 Å². The van der Waals surface area contributed by atoms with E-state index < -0.39 is 6.03 Å². The Kier molecular flexibility index (Phi) is 7.02. The maximum absolute atomic E-state index is 12.6. The second-order valence-electron chi connectivity index (χ2n) is 7.72. The van der Waals surface area contributed by atoms with Crippen LogP contribution in [0.25, 0.3) is 11.1 Å². The molecule has 2 atom stereocenters. The number of aliphatic imine (C=N–C) groups is 1. The number of methoxy groups -OCH3 is 1. The summed E-state index contributed by atoms with van der Waals surface area (Å²) in [5.41, 5.74) is 11.1. The molecule has 0 fully saturated rings. The first-order chi connectivity index (χ1) is 15.3. The molecule has 8 heteroatoms. The maximum atomic E-state index is 12.6. The van der Waals surface area contributed by atoms with Crippen LogP contribution in [0.15, 0.2) is 46.1 Å². The number of benzene rings is 1. The summed E-state index contributed by atoms with van der Waals surface area (Å²) in [7, 11) is 1.63. The van der Waals surface area contributed by atoms with Crippen molar-refractivity contribution in [2.24, 2.45) is 10.7 Å². The number of ether oxygens (including phenoxy) is 1. The zero-order valence-electron chi connectivity index (χ0n) is 19.3. The smallest absolute Gasteiger partial charge is 0.315 e. The summed E-state index contributed by atoms with van der Waals surface area (Å²) in [6, 6.07) is 2.94. The molecule has 0 bridgehead atoms. The van der Waals surface area contributed by atoms with E-state index in [0.29, 0.717) is 18.7 Å². The first kappa shape index (κ1) is 23.1. The number of primary amides is 1. The van der Waals surface area contributed by atoms with E-state index in [1.165, 1.54) is 0 Å². The number of nitrogens with two attached hydrogens (primary N) is 1. The summed E-state index contributed by atoms with van der Waals surface area (Å²) in [5, 5.41) is 7.53. The number of nitrogens with one attached hydrogen (secondary N) is 1. The van der Waals surface area contributed by atoms with Crippen LogP contribution in [0.2, 0.25) is 0 Å². The van der Waals surface area contributed by atoms with Gasteiger partial charge in [-0.25, -0.2) is 4.79 Å². The van der Waals surface area contributed by atoms with Gasteiger partial charge in [0.2, 0.25) is 0 Å². The highest BCUT2D eigenvalue weighted by atomic mass is 16.5. The first-order valence-corrected chi connectivity index (χ1v) is 10.6. The molecule has 2 unspecified atom stereocenters. The number of allylic oxidation sites excluding steroid dienone is 2. The quantitative estimate of drug-likeness (QED) is 0.608. The molecule has 8 nitrogen and oxygen atoms in total. The molecule has 0 spiro atoms. The lowest BCUT2D eigenvalue weighted by molar-refractivity contribution is 0.163. The summed E-state index contributed by atoms with van der Waals surface area (Å²) < 4.78 is 11.1. The minimum absolute atomic E-state index is 0.236. The van der Waals surface area contributed by atoms with E-state index in [4.69, 9.17) is 15.0 Å². The largest absolute Gasteiger partial charge is 0.496 e. The monoisotopic (exact) mass is 437 g/mol. The molecule has 32 heavy (non-hydrogen) atoms. The van der Waals surface area contributed by atoms with Crippen LogP contribution in [0, 0.1) is 13.8 Å². The van der Waals surface area contributed by atoms with Crippen LogP contribution >= 0.6 is 0 Å². The number of hydrogen-bond donors (Lipinski definition) is 2. The van der Waals surface area contributed by atoms with Gasteiger partial charge >= 0.3 is 6.03 Å². The number of nitrogens with zero attached hydrogens (tertiary/aromatic N) is 3. The lowest BCUT2D eigenvalue weighted by Gasteiger charge is -2.39. The van der Waals surface area contributed by atoms with Crippen LogP contribution in [-0.4, -0.2) is 42.0 Å². The number of fused-ring (bicyclic) bond motifs is 1. The van der Waals surface area contributed by atoms with E-state index in [2.05, 4.69) is 22.0 Å². The Balaban J connectivity index is 2.11. The molecule has 3 rings (SSSR count). The maximum Gasteiger partial charge on any atom is 0.315 e. The highest BCUT2D eigenvalue weighted by molar-refractivity contribution is 5.80. The van der Waals surface area contributed by atoms with E-state index in [9.17, 15) is 4.79 Å². The van der Waals surface area contributed by atoms with Gasteiger partial charge in [0.25, 0.3) is 0 Å². The van der Waals surface area contributed by atoms with Crippen LogP contribution in [-0.2, 0) is 0 Å². The number of urea groups is 1. The second-order valence-corrected chi connectivity index (χ2v) is 7.72. The molecule has 0 radical (unpaired) electrons. The Hall–Kier alpha value is -3.55. The van der Waals surface area contributed by atoms with Gasteiger partial charge < -0.3 is 25.2 Å².